The SMILES string of the molecule is CCc1c(C)nc2ccc(Br)cn12. The van der Waals surface area contributed by atoms with E-state index in [1.165, 1.54) is 5.69 Å². The second-order valence-electron chi connectivity index (χ2n) is 3.07. The van der Waals surface area contributed by atoms with Gasteiger partial charge in [-0.25, -0.2) is 4.98 Å². The second-order valence-corrected chi connectivity index (χ2v) is 3.99. The van der Waals surface area contributed by atoms with Gasteiger partial charge < -0.3 is 4.40 Å². The molecule has 0 saturated carbocycles. The van der Waals surface area contributed by atoms with Gasteiger partial charge in [-0.05, 0) is 41.4 Å². The van der Waals surface area contributed by atoms with Crippen molar-refractivity contribution in [3.05, 3.63) is 34.2 Å². The minimum absolute atomic E-state index is 1.02. The van der Waals surface area contributed by atoms with E-state index < -0.39 is 0 Å². The van der Waals surface area contributed by atoms with Gasteiger partial charge in [-0.15, -0.1) is 0 Å². The van der Waals surface area contributed by atoms with Crippen LogP contribution in [0.4, 0.5) is 0 Å². The molecule has 2 nitrogen and oxygen atoms in total. The summed E-state index contributed by atoms with van der Waals surface area (Å²) in [5.41, 5.74) is 3.44. The van der Waals surface area contributed by atoms with Crippen molar-refractivity contribution >= 4 is 21.6 Å². The molecule has 0 aliphatic rings. The van der Waals surface area contributed by atoms with Crippen molar-refractivity contribution in [3.8, 4) is 0 Å². The Morgan fingerprint density at radius 1 is 1.46 bits per heavy atom. The zero-order valence-corrected chi connectivity index (χ0v) is 9.30. The molecule has 68 valence electrons. The molecule has 0 aliphatic heterocycles. The third kappa shape index (κ3) is 1.37. The zero-order valence-electron chi connectivity index (χ0n) is 7.71. The van der Waals surface area contributed by atoms with Crippen LogP contribution in [0.2, 0.25) is 0 Å². The van der Waals surface area contributed by atoms with Crippen LogP contribution in [0.15, 0.2) is 22.8 Å². The maximum Gasteiger partial charge on any atom is 0.137 e. The fraction of sp³-hybridized carbons (Fsp3) is 0.300. The van der Waals surface area contributed by atoms with Gasteiger partial charge in [-0.3, -0.25) is 0 Å². The number of halogens is 1. The molecular weight excluding hydrogens is 228 g/mol. The van der Waals surface area contributed by atoms with Crippen molar-refractivity contribution in [2.24, 2.45) is 0 Å². The molecular formula is C10H11BrN2. The van der Waals surface area contributed by atoms with Crippen molar-refractivity contribution in [2.45, 2.75) is 20.3 Å². The lowest BCUT2D eigenvalue weighted by Gasteiger charge is -1.99. The summed E-state index contributed by atoms with van der Waals surface area (Å²) < 4.78 is 3.23. The summed E-state index contributed by atoms with van der Waals surface area (Å²) >= 11 is 3.46. The van der Waals surface area contributed by atoms with Gasteiger partial charge in [0.2, 0.25) is 0 Å². The Morgan fingerprint density at radius 2 is 2.23 bits per heavy atom. The van der Waals surface area contributed by atoms with Gasteiger partial charge in [0.05, 0.1) is 5.69 Å². The molecule has 0 bridgehead atoms. The third-order valence-electron chi connectivity index (χ3n) is 2.22. The first kappa shape index (κ1) is 8.75. The summed E-state index contributed by atoms with van der Waals surface area (Å²) in [6, 6.07) is 4.04. The number of hydrogen-bond acceptors (Lipinski definition) is 1. The number of aromatic nitrogens is 2. The highest BCUT2D eigenvalue weighted by Crippen LogP contribution is 2.16. The van der Waals surface area contributed by atoms with E-state index in [9.17, 15) is 0 Å². The predicted molar refractivity (Wildman–Crippen MR) is 57.0 cm³/mol. The molecule has 0 fully saturated rings. The second kappa shape index (κ2) is 3.14. The Hall–Kier alpha value is -0.830. The third-order valence-corrected chi connectivity index (χ3v) is 2.69. The minimum atomic E-state index is 1.02. The van der Waals surface area contributed by atoms with Crippen molar-refractivity contribution in [3.63, 3.8) is 0 Å². The maximum atomic E-state index is 4.47. The quantitative estimate of drug-likeness (QED) is 0.747. The molecule has 0 amide bonds. The molecule has 0 radical (unpaired) electrons. The average molecular weight is 239 g/mol. The number of pyridine rings is 1. The molecule has 2 heterocycles. The molecule has 0 spiro atoms. The van der Waals surface area contributed by atoms with Crippen LogP contribution >= 0.6 is 15.9 Å². The highest BCUT2D eigenvalue weighted by atomic mass is 79.9. The molecule has 0 atom stereocenters. The molecule has 2 aromatic rings. The molecule has 0 unspecified atom stereocenters. The van der Waals surface area contributed by atoms with Crippen LogP contribution in [0.1, 0.15) is 18.3 Å². The molecule has 0 aliphatic carbocycles. The van der Waals surface area contributed by atoms with E-state index in [-0.39, 0.29) is 0 Å². The van der Waals surface area contributed by atoms with Gasteiger partial charge in [0.15, 0.2) is 0 Å². The lowest BCUT2D eigenvalue weighted by molar-refractivity contribution is 0.975. The predicted octanol–water partition coefficient (Wildman–Crippen LogP) is 2.97. The Kier molecular flexibility index (Phi) is 2.12. The molecule has 2 aromatic heterocycles. The summed E-state index contributed by atoms with van der Waals surface area (Å²) in [5, 5.41) is 0. The summed E-state index contributed by atoms with van der Waals surface area (Å²) in [5.74, 6) is 0. The standard InChI is InChI=1S/C10H11BrN2/c1-3-9-7(2)12-10-5-4-8(11)6-13(9)10/h4-6H,3H2,1-2H3. The largest absolute Gasteiger partial charge is 0.303 e. The lowest BCUT2D eigenvalue weighted by Crippen LogP contribution is -1.91. The van der Waals surface area contributed by atoms with Crippen molar-refractivity contribution in [2.75, 3.05) is 0 Å². The molecule has 3 heteroatoms. The van der Waals surface area contributed by atoms with Gasteiger partial charge >= 0.3 is 0 Å². The van der Waals surface area contributed by atoms with E-state index >= 15 is 0 Å². The van der Waals surface area contributed by atoms with Crippen LogP contribution in [0.3, 0.4) is 0 Å². The average Bonchev–Trinajstić information content (AvgIpc) is 2.40. The summed E-state index contributed by atoms with van der Waals surface area (Å²) in [4.78, 5) is 4.47. The van der Waals surface area contributed by atoms with Crippen LogP contribution < -0.4 is 0 Å². The van der Waals surface area contributed by atoms with Gasteiger partial charge in [0.1, 0.15) is 5.65 Å². The molecule has 2 rings (SSSR count). The Morgan fingerprint density at radius 3 is 2.92 bits per heavy atom. The monoisotopic (exact) mass is 238 g/mol. The van der Waals surface area contributed by atoms with Crippen LogP contribution in [0.5, 0.6) is 0 Å². The fourth-order valence-electron chi connectivity index (χ4n) is 1.61. The zero-order chi connectivity index (χ0) is 9.42. The minimum Gasteiger partial charge on any atom is -0.303 e. The molecule has 13 heavy (non-hydrogen) atoms. The van der Waals surface area contributed by atoms with Gasteiger partial charge in [-0.1, -0.05) is 6.92 Å². The van der Waals surface area contributed by atoms with E-state index in [2.05, 4.69) is 45.4 Å². The van der Waals surface area contributed by atoms with E-state index in [1.807, 2.05) is 12.1 Å². The van der Waals surface area contributed by atoms with Crippen molar-refractivity contribution in [1.82, 2.24) is 9.38 Å². The van der Waals surface area contributed by atoms with E-state index in [1.54, 1.807) is 0 Å². The highest BCUT2D eigenvalue weighted by Gasteiger charge is 2.05. The van der Waals surface area contributed by atoms with Crippen molar-refractivity contribution < 1.29 is 0 Å². The fourth-order valence-corrected chi connectivity index (χ4v) is 1.95. The van der Waals surface area contributed by atoms with Crippen LogP contribution in [-0.2, 0) is 6.42 Å². The lowest BCUT2D eigenvalue weighted by atomic mass is 10.3. The van der Waals surface area contributed by atoms with E-state index in [4.69, 9.17) is 0 Å². The highest BCUT2D eigenvalue weighted by molar-refractivity contribution is 9.10. The number of hydrogen-bond donors (Lipinski definition) is 0. The Balaban J connectivity index is 2.80. The van der Waals surface area contributed by atoms with Crippen LogP contribution in [-0.4, -0.2) is 9.38 Å². The first-order valence-electron chi connectivity index (χ1n) is 4.35. The summed E-state index contributed by atoms with van der Waals surface area (Å²) in [6.07, 6.45) is 3.08. The number of aryl methyl sites for hydroxylation is 2. The summed E-state index contributed by atoms with van der Waals surface area (Å²) in [7, 11) is 0. The number of fused-ring (bicyclic) bond motifs is 1. The molecule has 0 saturated heterocycles. The van der Waals surface area contributed by atoms with E-state index in [0.29, 0.717) is 0 Å². The number of imidazole rings is 1. The van der Waals surface area contributed by atoms with Crippen LogP contribution in [0, 0.1) is 6.92 Å². The maximum absolute atomic E-state index is 4.47. The molecule has 0 N–H and O–H groups in total. The van der Waals surface area contributed by atoms with Gasteiger partial charge in [0, 0.05) is 16.4 Å². The smallest absolute Gasteiger partial charge is 0.137 e. The topological polar surface area (TPSA) is 17.3 Å². The van der Waals surface area contributed by atoms with Crippen LogP contribution in [0.25, 0.3) is 5.65 Å². The van der Waals surface area contributed by atoms with Gasteiger partial charge in [0.25, 0.3) is 0 Å². The Labute approximate surface area is 85.7 Å². The first-order valence-corrected chi connectivity index (χ1v) is 5.14. The van der Waals surface area contributed by atoms with Gasteiger partial charge in [-0.2, -0.15) is 0 Å². The first-order chi connectivity index (χ1) is 6.22. The normalized spacial score (nSPS) is 11.0. The van der Waals surface area contributed by atoms with Crippen molar-refractivity contribution in [1.29, 1.82) is 0 Å². The Bertz CT molecular complexity index is 445. The summed E-state index contributed by atoms with van der Waals surface area (Å²) in [6.45, 7) is 4.21. The molecule has 0 aromatic carbocycles. The number of rotatable bonds is 1. The number of nitrogens with zero attached hydrogens (tertiary/aromatic N) is 2. The van der Waals surface area contributed by atoms with E-state index in [0.717, 1.165) is 22.2 Å².